The van der Waals surface area contributed by atoms with Crippen LogP contribution in [0.5, 0.6) is 5.75 Å². The van der Waals surface area contributed by atoms with Crippen LogP contribution < -0.4 is 15.8 Å². The fourth-order valence-electron chi connectivity index (χ4n) is 6.00. The lowest BCUT2D eigenvalue weighted by molar-refractivity contribution is 0.0971. The summed E-state index contributed by atoms with van der Waals surface area (Å²) in [6, 6.07) is 10.1. The van der Waals surface area contributed by atoms with Gasteiger partial charge >= 0.3 is 5.76 Å². The molecule has 2 N–H and O–H groups in total. The molecule has 2 fully saturated rings. The van der Waals surface area contributed by atoms with Crippen molar-refractivity contribution in [2.24, 2.45) is 0 Å². The van der Waals surface area contributed by atoms with Gasteiger partial charge in [0, 0.05) is 55.1 Å². The smallest absolute Gasteiger partial charge is 0.417 e. The van der Waals surface area contributed by atoms with Crippen LogP contribution in [0, 0.1) is 0 Å². The van der Waals surface area contributed by atoms with E-state index < -0.39 is 11.4 Å². The third-order valence-electron chi connectivity index (χ3n) is 8.14. The minimum absolute atomic E-state index is 0.0457. The molecule has 3 heterocycles. The molecule has 1 saturated carbocycles. The Hall–Kier alpha value is -2.91. The Morgan fingerprint density at radius 1 is 1.22 bits per heavy atom. The van der Waals surface area contributed by atoms with Crippen molar-refractivity contribution >= 4 is 16.8 Å². The molecule has 37 heavy (non-hydrogen) atoms. The summed E-state index contributed by atoms with van der Waals surface area (Å²) in [6.45, 7) is 4.75. The van der Waals surface area contributed by atoms with Gasteiger partial charge in [-0.3, -0.25) is 19.2 Å². The molecular formula is C28H34F2N4O3. The lowest BCUT2D eigenvalue weighted by Crippen LogP contribution is -2.54. The predicted octanol–water partition coefficient (Wildman–Crippen LogP) is 4.42. The first kappa shape index (κ1) is 24.4. The largest absolute Gasteiger partial charge is 0.496 e. The number of oxazole rings is 1. The number of fused-ring (bicyclic) bond motifs is 3. The lowest BCUT2D eigenvalue weighted by Gasteiger charge is -2.43. The van der Waals surface area contributed by atoms with Crippen LogP contribution in [0.4, 0.5) is 14.5 Å². The number of rotatable bonds is 9. The van der Waals surface area contributed by atoms with E-state index in [4.69, 9.17) is 9.15 Å². The van der Waals surface area contributed by atoms with Gasteiger partial charge in [-0.15, -0.1) is 0 Å². The monoisotopic (exact) mass is 512 g/mol. The first-order valence-corrected chi connectivity index (χ1v) is 13.2. The summed E-state index contributed by atoms with van der Waals surface area (Å²) in [5.41, 5.74) is 4.03. The molecule has 2 aromatic carbocycles. The van der Waals surface area contributed by atoms with Gasteiger partial charge in [0.05, 0.1) is 31.4 Å². The highest BCUT2D eigenvalue weighted by Gasteiger charge is 2.48. The van der Waals surface area contributed by atoms with Gasteiger partial charge in [-0.25, -0.2) is 9.18 Å². The minimum Gasteiger partial charge on any atom is -0.496 e. The van der Waals surface area contributed by atoms with Gasteiger partial charge in [-0.1, -0.05) is 12.1 Å². The molecule has 0 spiro atoms. The first-order valence-electron chi connectivity index (χ1n) is 13.2. The maximum Gasteiger partial charge on any atom is 0.417 e. The number of benzene rings is 2. The topological polar surface area (TPSA) is 73.7 Å². The molecule has 1 aromatic heterocycles. The number of hydrogen-bond donors (Lipinski definition) is 2. The molecule has 0 bridgehead atoms. The molecule has 0 amide bonds. The zero-order valence-electron chi connectivity index (χ0n) is 21.4. The normalized spacial score (nSPS) is 23.6. The average molecular weight is 513 g/mol. The molecule has 1 aliphatic carbocycles. The van der Waals surface area contributed by atoms with Gasteiger partial charge in [0.2, 0.25) is 0 Å². The van der Waals surface area contributed by atoms with Crippen molar-refractivity contribution in [1.29, 1.82) is 0 Å². The second-order valence-corrected chi connectivity index (χ2v) is 10.9. The maximum absolute atomic E-state index is 15.2. The summed E-state index contributed by atoms with van der Waals surface area (Å²) in [5, 5.41) is 3.56. The highest BCUT2D eigenvalue weighted by Crippen LogP contribution is 2.48. The van der Waals surface area contributed by atoms with Crippen LogP contribution in [0.3, 0.4) is 0 Å². The molecule has 0 radical (unpaired) electrons. The van der Waals surface area contributed by atoms with E-state index in [1.807, 2.05) is 18.2 Å². The fourth-order valence-corrected chi connectivity index (χ4v) is 6.00. The number of aromatic amines is 1. The number of aromatic nitrogens is 1. The standard InChI is InChI=1S/C28H34F2N4O3/c1-17-12-22-20(6-7-23-26(22)37-27(35)32-23)25(34(17)16-28(30)8-9-28)21-5-4-18(13-24(21)36-2)31-19-14-33(15-19)11-3-10-29/h4-7,13,17,19,25,31H,3,8-12,14-16H2,1-2H3,(H,32,35)/t17-,25+/m1/s1. The molecule has 198 valence electrons. The van der Waals surface area contributed by atoms with Crippen LogP contribution >= 0.6 is 0 Å². The van der Waals surface area contributed by atoms with Crippen molar-refractivity contribution in [3.63, 3.8) is 0 Å². The van der Waals surface area contributed by atoms with E-state index in [2.05, 4.69) is 39.2 Å². The van der Waals surface area contributed by atoms with Crippen molar-refractivity contribution in [3.8, 4) is 5.75 Å². The quantitative estimate of drug-likeness (QED) is 0.442. The number of alkyl halides is 2. The Morgan fingerprint density at radius 3 is 2.73 bits per heavy atom. The van der Waals surface area contributed by atoms with Crippen LogP contribution in [0.1, 0.15) is 48.9 Å². The Balaban J connectivity index is 1.34. The molecule has 2 atom stereocenters. The molecule has 1 saturated heterocycles. The van der Waals surface area contributed by atoms with Gasteiger partial charge in [0.15, 0.2) is 5.58 Å². The van der Waals surface area contributed by atoms with E-state index in [9.17, 15) is 9.18 Å². The van der Waals surface area contributed by atoms with Crippen molar-refractivity contribution in [1.82, 2.24) is 14.8 Å². The van der Waals surface area contributed by atoms with Crippen LogP contribution in [-0.2, 0) is 6.42 Å². The number of likely N-dealkylation sites (tertiary alicyclic amines) is 1. The first-order chi connectivity index (χ1) is 17.9. The fraction of sp³-hybridized carbons (Fsp3) is 0.536. The van der Waals surface area contributed by atoms with E-state index in [0.717, 1.165) is 47.8 Å². The highest BCUT2D eigenvalue weighted by atomic mass is 19.1. The molecule has 3 aromatic rings. The Bertz CT molecular complexity index is 1340. The Labute approximate surface area is 214 Å². The average Bonchev–Trinajstić information content (AvgIpc) is 3.46. The van der Waals surface area contributed by atoms with Gasteiger partial charge < -0.3 is 14.5 Å². The molecule has 0 unspecified atom stereocenters. The third-order valence-corrected chi connectivity index (χ3v) is 8.14. The van der Waals surface area contributed by atoms with E-state index in [-0.39, 0.29) is 18.8 Å². The summed E-state index contributed by atoms with van der Waals surface area (Å²) in [7, 11) is 1.66. The van der Waals surface area contributed by atoms with Crippen LogP contribution in [0.15, 0.2) is 39.5 Å². The number of anilines is 1. The van der Waals surface area contributed by atoms with E-state index in [0.29, 0.717) is 49.4 Å². The number of hydrogen-bond acceptors (Lipinski definition) is 6. The molecular weight excluding hydrogens is 478 g/mol. The second kappa shape index (κ2) is 9.44. The molecule has 6 rings (SSSR count). The lowest BCUT2D eigenvalue weighted by atomic mass is 9.83. The number of ether oxygens (including phenoxy) is 1. The second-order valence-electron chi connectivity index (χ2n) is 10.9. The van der Waals surface area contributed by atoms with Crippen LogP contribution in [0.25, 0.3) is 11.1 Å². The van der Waals surface area contributed by atoms with Crippen LogP contribution in [-0.4, -0.2) is 72.5 Å². The van der Waals surface area contributed by atoms with Gasteiger partial charge in [-0.2, -0.15) is 0 Å². The van der Waals surface area contributed by atoms with E-state index in [1.165, 1.54) is 0 Å². The van der Waals surface area contributed by atoms with Gasteiger partial charge in [0.25, 0.3) is 0 Å². The number of H-pyrrole nitrogens is 1. The van der Waals surface area contributed by atoms with Gasteiger partial charge in [-0.05, 0) is 50.3 Å². The zero-order valence-corrected chi connectivity index (χ0v) is 21.4. The number of halogens is 2. The van der Waals surface area contributed by atoms with Crippen molar-refractivity contribution in [3.05, 3.63) is 57.6 Å². The number of nitrogens with one attached hydrogen (secondary N) is 2. The predicted molar refractivity (Wildman–Crippen MR) is 139 cm³/mol. The third kappa shape index (κ3) is 4.63. The molecule has 7 nitrogen and oxygen atoms in total. The molecule has 2 aliphatic heterocycles. The molecule has 3 aliphatic rings. The summed E-state index contributed by atoms with van der Waals surface area (Å²) in [4.78, 5) is 19.2. The number of methoxy groups -OCH3 is 1. The number of nitrogens with zero attached hydrogens (tertiary/aromatic N) is 2. The summed E-state index contributed by atoms with van der Waals surface area (Å²) < 4.78 is 39.0. The van der Waals surface area contributed by atoms with Crippen molar-refractivity contribution in [2.45, 2.75) is 56.4 Å². The maximum atomic E-state index is 15.2. The Kier molecular flexibility index (Phi) is 6.23. The summed E-state index contributed by atoms with van der Waals surface area (Å²) >= 11 is 0. The summed E-state index contributed by atoms with van der Waals surface area (Å²) in [6.07, 6.45) is 2.42. The SMILES string of the molecule is COc1cc(NC2CN(CCCF)C2)ccc1[C@@H]1c2ccc3[nH]c(=O)oc3c2C[C@@H](C)N1CC1(F)CC1. The minimum atomic E-state index is -1.15. The Morgan fingerprint density at radius 2 is 2.00 bits per heavy atom. The highest BCUT2D eigenvalue weighted by molar-refractivity contribution is 5.78. The van der Waals surface area contributed by atoms with Crippen LogP contribution in [0.2, 0.25) is 0 Å². The molecule has 9 heteroatoms. The van der Waals surface area contributed by atoms with E-state index >= 15 is 4.39 Å². The summed E-state index contributed by atoms with van der Waals surface area (Å²) in [5.74, 6) is 0.260. The van der Waals surface area contributed by atoms with E-state index in [1.54, 1.807) is 7.11 Å². The van der Waals surface area contributed by atoms with Gasteiger partial charge in [0.1, 0.15) is 11.4 Å². The van der Waals surface area contributed by atoms with Crippen molar-refractivity contribution in [2.75, 3.05) is 45.3 Å². The zero-order chi connectivity index (χ0) is 25.7. The van der Waals surface area contributed by atoms with Crippen molar-refractivity contribution < 1.29 is 17.9 Å².